The zero-order valence-electron chi connectivity index (χ0n) is 11.1. The SMILES string of the molecule is CC(=O)Cc1ccc(Oc2ncccc2C(F)(F)F)cc1. The average Bonchev–Trinajstić information content (AvgIpc) is 2.40. The Morgan fingerprint density at radius 2 is 1.86 bits per heavy atom. The highest BCUT2D eigenvalue weighted by molar-refractivity contribution is 5.78. The van der Waals surface area contributed by atoms with E-state index in [0.717, 1.165) is 11.6 Å². The zero-order chi connectivity index (χ0) is 15.5. The number of benzene rings is 1. The summed E-state index contributed by atoms with van der Waals surface area (Å²) in [5.74, 6) is -0.261. The van der Waals surface area contributed by atoms with E-state index >= 15 is 0 Å². The lowest BCUT2D eigenvalue weighted by molar-refractivity contribution is -0.138. The minimum Gasteiger partial charge on any atom is -0.438 e. The quantitative estimate of drug-likeness (QED) is 0.855. The molecule has 0 aliphatic rings. The van der Waals surface area contributed by atoms with E-state index in [1.54, 1.807) is 12.1 Å². The summed E-state index contributed by atoms with van der Waals surface area (Å²) in [6, 6.07) is 8.39. The number of carbonyl (C=O) groups excluding carboxylic acids is 1. The third-order valence-electron chi connectivity index (χ3n) is 2.67. The van der Waals surface area contributed by atoms with E-state index in [-0.39, 0.29) is 18.0 Å². The molecular weight excluding hydrogens is 283 g/mol. The van der Waals surface area contributed by atoms with Crippen molar-refractivity contribution >= 4 is 5.78 Å². The number of pyridine rings is 1. The Hall–Kier alpha value is -2.37. The molecule has 1 aromatic heterocycles. The molecule has 21 heavy (non-hydrogen) atoms. The van der Waals surface area contributed by atoms with Gasteiger partial charge in [0.2, 0.25) is 5.88 Å². The molecule has 0 aliphatic heterocycles. The van der Waals surface area contributed by atoms with E-state index in [9.17, 15) is 18.0 Å². The van der Waals surface area contributed by atoms with Gasteiger partial charge in [-0.3, -0.25) is 4.79 Å². The molecule has 0 amide bonds. The number of halogens is 3. The smallest absolute Gasteiger partial charge is 0.421 e. The maximum absolute atomic E-state index is 12.8. The molecule has 0 unspecified atom stereocenters. The van der Waals surface area contributed by atoms with Crippen molar-refractivity contribution in [3.8, 4) is 11.6 Å². The molecular formula is C15H12F3NO2. The van der Waals surface area contributed by atoms with Gasteiger partial charge in [0.1, 0.15) is 17.1 Å². The van der Waals surface area contributed by atoms with Gasteiger partial charge in [-0.2, -0.15) is 13.2 Å². The van der Waals surface area contributed by atoms with Crippen LogP contribution in [0.2, 0.25) is 0 Å². The number of ether oxygens (including phenoxy) is 1. The molecule has 2 aromatic rings. The molecule has 1 aromatic carbocycles. The normalized spacial score (nSPS) is 11.2. The minimum atomic E-state index is -4.53. The van der Waals surface area contributed by atoms with Crippen molar-refractivity contribution in [3.05, 3.63) is 53.7 Å². The number of aromatic nitrogens is 1. The molecule has 0 radical (unpaired) electrons. The first-order valence-electron chi connectivity index (χ1n) is 6.14. The van der Waals surface area contributed by atoms with Crippen LogP contribution in [0.1, 0.15) is 18.1 Å². The molecule has 0 fully saturated rings. The van der Waals surface area contributed by atoms with Crippen LogP contribution in [0.4, 0.5) is 13.2 Å². The molecule has 0 aliphatic carbocycles. The van der Waals surface area contributed by atoms with E-state index in [0.29, 0.717) is 0 Å². The fraction of sp³-hybridized carbons (Fsp3) is 0.200. The Bertz CT molecular complexity index is 636. The summed E-state index contributed by atoms with van der Waals surface area (Å²) in [7, 11) is 0. The van der Waals surface area contributed by atoms with Gasteiger partial charge < -0.3 is 4.74 Å². The highest BCUT2D eigenvalue weighted by atomic mass is 19.4. The van der Waals surface area contributed by atoms with Gasteiger partial charge in [-0.15, -0.1) is 0 Å². The number of hydrogen-bond acceptors (Lipinski definition) is 3. The third kappa shape index (κ3) is 4.05. The Kier molecular flexibility index (Phi) is 4.26. The zero-order valence-corrected chi connectivity index (χ0v) is 11.1. The van der Waals surface area contributed by atoms with Crippen LogP contribution in [0.3, 0.4) is 0 Å². The molecule has 1 heterocycles. The third-order valence-corrected chi connectivity index (χ3v) is 2.67. The lowest BCUT2D eigenvalue weighted by atomic mass is 10.1. The van der Waals surface area contributed by atoms with Gasteiger partial charge in [0.25, 0.3) is 0 Å². The standard InChI is InChI=1S/C15H12F3NO2/c1-10(20)9-11-4-6-12(7-5-11)21-14-13(15(16,17)18)3-2-8-19-14/h2-8H,9H2,1H3. The Morgan fingerprint density at radius 3 is 2.43 bits per heavy atom. The van der Waals surface area contributed by atoms with Gasteiger partial charge in [-0.25, -0.2) is 4.98 Å². The fourth-order valence-electron chi connectivity index (χ4n) is 1.76. The van der Waals surface area contributed by atoms with Crippen molar-refractivity contribution in [2.45, 2.75) is 19.5 Å². The monoisotopic (exact) mass is 295 g/mol. The van der Waals surface area contributed by atoms with Crippen molar-refractivity contribution in [1.29, 1.82) is 0 Å². The van der Waals surface area contributed by atoms with Crippen LogP contribution in [0.5, 0.6) is 11.6 Å². The molecule has 0 atom stereocenters. The van der Waals surface area contributed by atoms with Crippen LogP contribution in [0.25, 0.3) is 0 Å². The molecule has 0 N–H and O–H groups in total. The molecule has 6 heteroatoms. The first kappa shape index (κ1) is 15.0. The van der Waals surface area contributed by atoms with E-state index in [4.69, 9.17) is 4.74 Å². The molecule has 2 rings (SSSR count). The molecule has 0 bridgehead atoms. The molecule has 0 saturated carbocycles. The van der Waals surface area contributed by atoms with Gasteiger partial charge in [0.15, 0.2) is 0 Å². The van der Waals surface area contributed by atoms with Gasteiger partial charge in [0.05, 0.1) is 0 Å². The van der Waals surface area contributed by atoms with E-state index in [2.05, 4.69) is 4.98 Å². The summed E-state index contributed by atoms with van der Waals surface area (Å²) in [6.07, 6.45) is -3.02. The van der Waals surface area contributed by atoms with Crippen molar-refractivity contribution < 1.29 is 22.7 Å². The van der Waals surface area contributed by atoms with Gasteiger partial charge >= 0.3 is 6.18 Å². The van der Waals surface area contributed by atoms with Crippen LogP contribution in [-0.2, 0) is 17.4 Å². The summed E-state index contributed by atoms with van der Waals surface area (Å²) in [5, 5.41) is 0. The number of nitrogens with zero attached hydrogens (tertiary/aromatic N) is 1. The lowest BCUT2D eigenvalue weighted by Gasteiger charge is -2.12. The number of carbonyl (C=O) groups is 1. The second-order valence-corrected chi connectivity index (χ2v) is 4.48. The second kappa shape index (κ2) is 5.95. The van der Waals surface area contributed by atoms with Crippen LogP contribution in [0, 0.1) is 0 Å². The van der Waals surface area contributed by atoms with Gasteiger partial charge in [-0.05, 0) is 36.8 Å². The molecule has 0 saturated heterocycles. The summed E-state index contributed by atoms with van der Waals surface area (Å²) in [4.78, 5) is 14.6. The van der Waals surface area contributed by atoms with E-state index in [1.165, 1.54) is 31.3 Å². The van der Waals surface area contributed by atoms with Crippen LogP contribution in [-0.4, -0.2) is 10.8 Å². The number of alkyl halides is 3. The molecule has 3 nitrogen and oxygen atoms in total. The van der Waals surface area contributed by atoms with E-state index < -0.39 is 17.6 Å². The van der Waals surface area contributed by atoms with Crippen molar-refractivity contribution in [1.82, 2.24) is 4.98 Å². The van der Waals surface area contributed by atoms with Gasteiger partial charge in [-0.1, -0.05) is 12.1 Å². The number of rotatable bonds is 4. The Balaban J connectivity index is 2.21. The highest BCUT2D eigenvalue weighted by Crippen LogP contribution is 2.36. The Morgan fingerprint density at radius 1 is 1.19 bits per heavy atom. The van der Waals surface area contributed by atoms with Gasteiger partial charge in [0, 0.05) is 12.6 Å². The first-order valence-corrected chi connectivity index (χ1v) is 6.14. The predicted molar refractivity (Wildman–Crippen MR) is 70.1 cm³/mol. The number of Topliss-reactive ketones (excluding diaryl/α,β-unsaturated/α-hetero) is 1. The van der Waals surface area contributed by atoms with Crippen LogP contribution < -0.4 is 4.74 Å². The molecule has 110 valence electrons. The predicted octanol–water partition coefficient (Wildman–Crippen LogP) is 4.02. The maximum Gasteiger partial charge on any atom is 0.421 e. The topological polar surface area (TPSA) is 39.2 Å². The highest BCUT2D eigenvalue weighted by Gasteiger charge is 2.35. The van der Waals surface area contributed by atoms with Crippen LogP contribution >= 0.6 is 0 Å². The number of hydrogen-bond donors (Lipinski definition) is 0. The summed E-state index contributed by atoms with van der Waals surface area (Å²) in [6.45, 7) is 1.47. The van der Waals surface area contributed by atoms with Crippen molar-refractivity contribution in [3.63, 3.8) is 0 Å². The van der Waals surface area contributed by atoms with Crippen LogP contribution in [0.15, 0.2) is 42.6 Å². The lowest BCUT2D eigenvalue weighted by Crippen LogP contribution is -2.08. The van der Waals surface area contributed by atoms with Crippen molar-refractivity contribution in [2.75, 3.05) is 0 Å². The second-order valence-electron chi connectivity index (χ2n) is 4.48. The summed E-state index contributed by atoms with van der Waals surface area (Å²) >= 11 is 0. The maximum atomic E-state index is 12.8. The van der Waals surface area contributed by atoms with E-state index in [1.807, 2.05) is 0 Å². The summed E-state index contributed by atoms with van der Waals surface area (Å²) in [5.41, 5.74) is -0.162. The number of ketones is 1. The average molecular weight is 295 g/mol. The largest absolute Gasteiger partial charge is 0.438 e. The Labute approximate surface area is 119 Å². The minimum absolute atomic E-state index is 0.00718. The first-order chi connectivity index (χ1) is 9.86. The summed E-state index contributed by atoms with van der Waals surface area (Å²) < 4.78 is 43.6. The molecule has 0 spiro atoms. The van der Waals surface area contributed by atoms with Crippen molar-refractivity contribution in [2.24, 2.45) is 0 Å². The fourth-order valence-corrected chi connectivity index (χ4v) is 1.76.